The molecule has 0 aromatic rings. The van der Waals surface area contributed by atoms with Crippen LogP contribution in [0.15, 0.2) is 0 Å². The number of carbonyl (C=O) groups excluding carboxylic acids is 1. The molecule has 0 aromatic carbocycles. The molecule has 0 bridgehead atoms. The van der Waals surface area contributed by atoms with E-state index in [1.807, 2.05) is 0 Å². The number of nitrogens with one attached hydrogen (secondary N) is 1. The lowest BCUT2D eigenvalue weighted by Crippen LogP contribution is -2.33. The molecular formula is C13H25ClN2O. The van der Waals surface area contributed by atoms with E-state index in [0.29, 0.717) is 11.9 Å². The number of nitrogens with zero attached hydrogens (tertiary/aromatic N) is 1. The van der Waals surface area contributed by atoms with Crippen molar-refractivity contribution >= 4 is 18.3 Å². The summed E-state index contributed by atoms with van der Waals surface area (Å²) in [6.07, 6.45) is 9.33. The summed E-state index contributed by atoms with van der Waals surface area (Å²) >= 11 is 0. The first-order valence-corrected chi connectivity index (χ1v) is 6.87. The molecule has 100 valence electrons. The Morgan fingerprint density at radius 2 is 1.82 bits per heavy atom. The Kier molecular flexibility index (Phi) is 6.90. The monoisotopic (exact) mass is 260 g/mol. The third kappa shape index (κ3) is 4.84. The summed E-state index contributed by atoms with van der Waals surface area (Å²) in [6, 6.07) is 0.607. The molecule has 2 fully saturated rings. The third-order valence-corrected chi connectivity index (χ3v) is 3.83. The Morgan fingerprint density at radius 1 is 1.12 bits per heavy atom. The zero-order valence-electron chi connectivity index (χ0n) is 10.6. The van der Waals surface area contributed by atoms with Crippen molar-refractivity contribution in [3.8, 4) is 0 Å². The molecule has 2 heterocycles. The van der Waals surface area contributed by atoms with Crippen molar-refractivity contribution in [1.82, 2.24) is 10.2 Å². The highest BCUT2D eigenvalue weighted by Crippen LogP contribution is 2.14. The van der Waals surface area contributed by atoms with E-state index >= 15 is 0 Å². The van der Waals surface area contributed by atoms with Crippen LogP contribution in [0.3, 0.4) is 0 Å². The fourth-order valence-corrected chi connectivity index (χ4v) is 2.78. The molecule has 2 saturated heterocycles. The first kappa shape index (κ1) is 14.8. The molecule has 2 rings (SSSR count). The Balaban J connectivity index is 0.00000144. The summed E-state index contributed by atoms with van der Waals surface area (Å²) in [5.74, 6) is 0.385. The number of likely N-dealkylation sites (tertiary alicyclic amines) is 1. The fraction of sp³-hybridized carbons (Fsp3) is 0.923. The Bertz CT molecular complexity index is 221. The summed E-state index contributed by atoms with van der Waals surface area (Å²) in [5, 5.41) is 3.46. The van der Waals surface area contributed by atoms with Gasteiger partial charge >= 0.3 is 0 Å². The molecule has 0 radical (unpaired) electrons. The van der Waals surface area contributed by atoms with Crippen LogP contribution in [0.4, 0.5) is 0 Å². The molecule has 1 N–H and O–H groups in total. The normalized spacial score (nSPS) is 25.2. The van der Waals surface area contributed by atoms with E-state index in [-0.39, 0.29) is 12.4 Å². The number of rotatable bonds is 3. The van der Waals surface area contributed by atoms with Crippen molar-refractivity contribution in [2.75, 3.05) is 19.6 Å². The minimum absolute atomic E-state index is 0. The summed E-state index contributed by atoms with van der Waals surface area (Å²) in [7, 11) is 0. The molecule has 17 heavy (non-hydrogen) atoms. The first-order valence-electron chi connectivity index (χ1n) is 6.87. The molecule has 0 spiro atoms. The maximum absolute atomic E-state index is 12.0. The Hall–Kier alpha value is -0.280. The predicted molar refractivity (Wildman–Crippen MR) is 72.6 cm³/mol. The molecule has 4 heteroatoms. The second-order valence-electron chi connectivity index (χ2n) is 5.13. The van der Waals surface area contributed by atoms with Crippen molar-refractivity contribution in [3.05, 3.63) is 0 Å². The summed E-state index contributed by atoms with van der Waals surface area (Å²) in [6.45, 7) is 3.14. The maximum atomic E-state index is 12.0. The van der Waals surface area contributed by atoms with Crippen LogP contribution in [0, 0.1) is 0 Å². The van der Waals surface area contributed by atoms with Gasteiger partial charge < -0.3 is 10.2 Å². The van der Waals surface area contributed by atoms with Crippen LogP contribution >= 0.6 is 12.4 Å². The summed E-state index contributed by atoms with van der Waals surface area (Å²) in [5.41, 5.74) is 0. The smallest absolute Gasteiger partial charge is 0.222 e. The van der Waals surface area contributed by atoms with Gasteiger partial charge in [0.2, 0.25) is 5.91 Å². The second kappa shape index (κ2) is 7.93. The average Bonchev–Trinajstić information content (AvgIpc) is 2.66. The van der Waals surface area contributed by atoms with Crippen LogP contribution in [0.2, 0.25) is 0 Å². The topological polar surface area (TPSA) is 32.3 Å². The fourth-order valence-electron chi connectivity index (χ4n) is 2.78. The minimum atomic E-state index is 0. The van der Waals surface area contributed by atoms with Gasteiger partial charge in [0.25, 0.3) is 0 Å². The van der Waals surface area contributed by atoms with Gasteiger partial charge in [-0.15, -0.1) is 12.4 Å². The second-order valence-corrected chi connectivity index (χ2v) is 5.13. The lowest BCUT2D eigenvalue weighted by atomic mass is 10.1. The number of amides is 1. The average molecular weight is 261 g/mol. The molecule has 2 aliphatic rings. The van der Waals surface area contributed by atoms with Crippen molar-refractivity contribution in [1.29, 1.82) is 0 Å². The van der Waals surface area contributed by atoms with Gasteiger partial charge in [-0.05, 0) is 38.6 Å². The van der Waals surface area contributed by atoms with Gasteiger partial charge in [0.05, 0.1) is 0 Å². The van der Waals surface area contributed by atoms with E-state index in [4.69, 9.17) is 0 Å². The maximum Gasteiger partial charge on any atom is 0.222 e. The van der Waals surface area contributed by atoms with Crippen LogP contribution in [-0.2, 0) is 4.79 Å². The molecule has 2 aliphatic heterocycles. The number of hydrogen-bond donors (Lipinski definition) is 1. The lowest BCUT2D eigenvalue weighted by molar-refractivity contribution is -0.131. The molecule has 0 aliphatic carbocycles. The van der Waals surface area contributed by atoms with Crippen molar-refractivity contribution in [2.24, 2.45) is 0 Å². The number of carbonyl (C=O) groups is 1. The van der Waals surface area contributed by atoms with Gasteiger partial charge in [0.15, 0.2) is 0 Å². The highest BCUT2D eigenvalue weighted by Gasteiger charge is 2.19. The van der Waals surface area contributed by atoms with Gasteiger partial charge in [0.1, 0.15) is 0 Å². The zero-order chi connectivity index (χ0) is 11.2. The summed E-state index contributed by atoms with van der Waals surface area (Å²) < 4.78 is 0. The molecule has 1 atom stereocenters. The Morgan fingerprint density at radius 3 is 2.41 bits per heavy atom. The molecular weight excluding hydrogens is 236 g/mol. The highest BCUT2D eigenvalue weighted by atomic mass is 35.5. The van der Waals surface area contributed by atoms with E-state index in [1.165, 1.54) is 38.5 Å². The SMILES string of the molecule is Cl.O=C(CCC1CCCN1)N1CCCCCC1. The van der Waals surface area contributed by atoms with Crippen LogP contribution in [0.25, 0.3) is 0 Å². The van der Waals surface area contributed by atoms with Crippen LogP contribution in [0.1, 0.15) is 51.4 Å². The standard InChI is InChI=1S/C13H24N2O.ClH/c16-13(8-7-12-6-5-9-14-12)15-10-3-1-2-4-11-15;/h12,14H,1-11H2;1H. The van der Waals surface area contributed by atoms with Gasteiger partial charge in [-0.2, -0.15) is 0 Å². The van der Waals surface area contributed by atoms with Gasteiger partial charge in [0, 0.05) is 25.6 Å². The van der Waals surface area contributed by atoms with Crippen LogP contribution in [0.5, 0.6) is 0 Å². The highest BCUT2D eigenvalue weighted by molar-refractivity contribution is 5.85. The quantitative estimate of drug-likeness (QED) is 0.845. The molecule has 1 unspecified atom stereocenters. The van der Waals surface area contributed by atoms with Crippen LogP contribution in [-0.4, -0.2) is 36.5 Å². The third-order valence-electron chi connectivity index (χ3n) is 3.83. The van der Waals surface area contributed by atoms with Crippen molar-refractivity contribution in [3.63, 3.8) is 0 Å². The minimum Gasteiger partial charge on any atom is -0.343 e. The number of halogens is 1. The van der Waals surface area contributed by atoms with Gasteiger partial charge in [-0.3, -0.25) is 4.79 Å². The van der Waals surface area contributed by atoms with Gasteiger partial charge in [-0.25, -0.2) is 0 Å². The molecule has 3 nitrogen and oxygen atoms in total. The molecule has 0 saturated carbocycles. The van der Waals surface area contributed by atoms with E-state index in [1.54, 1.807) is 0 Å². The van der Waals surface area contributed by atoms with E-state index in [2.05, 4.69) is 10.2 Å². The largest absolute Gasteiger partial charge is 0.343 e. The first-order chi connectivity index (χ1) is 7.86. The van der Waals surface area contributed by atoms with E-state index in [0.717, 1.165) is 32.5 Å². The van der Waals surface area contributed by atoms with E-state index in [9.17, 15) is 4.79 Å². The molecule has 1 amide bonds. The van der Waals surface area contributed by atoms with Gasteiger partial charge in [-0.1, -0.05) is 12.8 Å². The zero-order valence-corrected chi connectivity index (χ0v) is 11.4. The summed E-state index contributed by atoms with van der Waals surface area (Å²) in [4.78, 5) is 14.1. The van der Waals surface area contributed by atoms with Crippen LogP contribution < -0.4 is 5.32 Å². The van der Waals surface area contributed by atoms with E-state index < -0.39 is 0 Å². The molecule has 0 aromatic heterocycles. The lowest BCUT2D eigenvalue weighted by Gasteiger charge is -2.21. The predicted octanol–water partition coefficient (Wildman–Crippen LogP) is 2.34. The van der Waals surface area contributed by atoms with Crippen molar-refractivity contribution in [2.45, 2.75) is 57.4 Å². The number of hydrogen-bond acceptors (Lipinski definition) is 2. The van der Waals surface area contributed by atoms with Crippen molar-refractivity contribution < 1.29 is 4.79 Å². The Labute approximate surface area is 111 Å².